The number of pyridine rings is 1. The fourth-order valence-corrected chi connectivity index (χ4v) is 6.25. The van der Waals surface area contributed by atoms with E-state index in [1.54, 1.807) is 0 Å². The second kappa shape index (κ2) is 7.77. The van der Waals surface area contributed by atoms with Gasteiger partial charge < -0.3 is 0 Å². The molecule has 0 aliphatic carbocycles. The van der Waals surface area contributed by atoms with E-state index in [4.69, 9.17) is 4.11 Å². The molecule has 2 aromatic carbocycles. The number of benzene rings is 2. The normalized spacial score (nSPS) is 13.9. The summed E-state index contributed by atoms with van der Waals surface area (Å²) in [6, 6.07) is 16.6. The van der Waals surface area contributed by atoms with Crippen LogP contribution >= 0.6 is 0 Å². The summed E-state index contributed by atoms with van der Waals surface area (Å²) in [6.45, 7) is 6.65. The Morgan fingerprint density at radius 2 is 1.81 bits per heavy atom. The van der Waals surface area contributed by atoms with Gasteiger partial charge in [-0.3, -0.25) is 4.98 Å². The van der Waals surface area contributed by atoms with Gasteiger partial charge in [-0.05, 0) is 53.7 Å². The molecule has 1 heterocycles. The van der Waals surface area contributed by atoms with Crippen LogP contribution in [0.3, 0.4) is 0 Å². The summed E-state index contributed by atoms with van der Waals surface area (Å²) in [5.74, 6) is -0.110. The first kappa shape index (κ1) is 15.8. The Hall–Kier alpha value is -2.26. The van der Waals surface area contributed by atoms with E-state index < -0.39 is 20.7 Å². The second-order valence-electron chi connectivity index (χ2n) is 8.01. The van der Waals surface area contributed by atoms with Gasteiger partial charge >= 0.3 is 0 Å². The van der Waals surface area contributed by atoms with E-state index in [-0.39, 0.29) is 5.56 Å². The predicted molar refractivity (Wildman–Crippen MR) is 116 cm³/mol. The van der Waals surface area contributed by atoms with Gasteiger partial charge in [0.05, 0.1) is 5.69 Å². The highest BCUT2D eigenvalue weighted by Crippen LogP contribution is 2.24. The summed E-state index contributed by atoms with van der Waals surface area (Å²) in [6.07, 6.45) is 2.78. The van der Waals surface area contributed by atoms with Crippen molar-refractivity contribution in [1.29, 1.82) is 0 Å². The van der Waals surface area contributed by atoms with Gasteiger partial charge in [-0.25, -0.2) is 4.39 Å². The van der Waals surface area contributed by atoms with Gasteiger partial charge in [-0.2, -0.15) is 0 Å². The standard InChI is InChI=1S/C24H28FNSi/c1-17(2)13-19-15-23(21-12-11-18(3)14-22(21)25)26-16-24(19)27(4,5)20-9-7-6-8-10-20/h6-12,14-17H,13H2,1-5H3/i3D3. The van der Waals surface area contributed by atoms with Crippen molar-refractivity contribution in [3.63, 3.8) is 0 Å². The van der Waals surface area contributed by atoms with Crippen LogP contribution in [-0.4, -0.2) is 13.1 Å². The number of hydrogen-bond donors (Lipinski definition) is 0. The molecule has 27 heavy (non-hydrogen) atoms. The quantitative estimate of drug-likeness (QED) is 0.553. The van der Waals surface area contributed by atoms with Crippen LogP contribution in [-0.2, 0) is 6.42 Å². The average Bonchev–Trinajstić information content (AvgIpc) is 2.67. The summed E-state index contributed by atoms with van der Waals surface area (Å²) >= 11 is 0. The van der Waals surface area contributed by atoms with Gasteiger partial charge in [0, 0.05) is 15.9 Å². The van der Waals surface area contributed by atoms with E-state index in [9.17, 15) is 4.39 Å². The van der Waals surface area contributed by atoms with Crippen LogP contribution in [0.2, 0.25) is 13.1 Å². The van der Waals surface area contributed by atoms with Crippen molar-refractivity contribution in [2.75, 3.05) is 0 Å². The summed E-state index contributed by atoms with van der Waals surface area (Å²) in [5.41, 5.74) is 2.07. The highest BCUT2D eigenvalue weighted by Gasteiger charge is 2.29. The molecule has 3 aromatic rings. The summed E-state index contributed by atoms with van der Waals surface area (Å²) < 4.78 is 37.2. The predicted octanol–water partition coefficient (Wildman–Crippen LogP) is 5.22. The van der Waals surface area contributed by atoms with E-state index in [1.807, 2.05) is 18.3 Å². The molecule has 0 aliphatic rings. The third-order valence-corrected chi connectivity index (χ3v) is 8.61. The van der Waals surface area contributed by atoms with Crippen LogP contribution in [0.15, 0.2) is 60.8 Å². The molecule has 1 nitrogen and oxygen atoms in total. The number of rotatable bonds is 5. The van der Waals surface area contributed by atoms with Gasteiger partial charge in [-0.1, -0.05) is 68.5 Å². The summed E-state index contributed by atoms with van der Waals surface area (Å²) in [7, 11) is -1.97. The Balaban J connectivity index is 2.10. The zero-order valence-electron chi connectivity index (χ0n) is 19.4. The highest BCUT2D eigenvalue weighted by molar-refractivity contribution is 7.00. The van der Waals surface area contributed by atoms with Crippen LogP contribution in [0, 0.1) is 18.6 Å². The third-order valence-electron chi connectivity index (χ3n) is 5.03. The Morgan fingerprint density at radius 1 is 1.07 bits per heavy atom. The minimum Gasteiger partial charge on any atom is -0.256 e. The molecule has 140 valence electrons. The van der Waals surface area contributed by atoms with E-state index in [2.05, 4.69) is 56.2 Å². The Morgan fingerprint density at radius 3 is 2.44 bits per heavy atom. The summed E-state index contributed by atoms with van der Waals surface area (Å²) in [4.78, 5) is 4.62. The van der Waals surface area contributed by atoms with E-state index in [0.29, 0.717) is 17.2 Å². The molecule has 0 saturated heterocycles. The SMILES string of the molecule is [2H]C([2H])([2H])c1ccc(-c2cc(CC(C)C)c([Si](C)(C)c3ccccc3)cn2)c(F)c1. The van der Waals surface area contributed by atoms with Gasteiger partial charge in [0.25, 0.3) is 0 Å². The molecule has 0 fully saturated rings. The van der Waals surface area contributed by atoms with Crippen LogP contribution in [0.5, 0.6) is 0 Å². The number of aryl methyl sites for hydroxylation is 1. The molecule has 0 amide bonds. The molecule has 0 saturated carbocycles. The number of hydrogen-bond acceptors (Lipinski definition) is 1. The first-order valence-electron chi connectivity index (χ1n) is 10.9. The first-order valence-corrected chi connectivity index (χ1v) is 12.4. The van der Waals surface area contributed by atoms with Crippen LogP contribution in [0.4, 0.5) is 4.39 Å². The fourth-order valence-electron chi connectivity index (χ4n) is 3.55. The molecule has 0 bridgehead atoms. The molecular formula is C24H28FNSi. The van der Waals surface area contributed by atoms with Crippen LogP contribution in [0.1, 0.15) is 29.1 Å². The maximum Gasteiger partial charge on any atom is 0.132 e. The van der Waals surface area contributed by atoms with Crippen molar-refractivity contribution in [1.82, 2.24) is 4.98 Å². The molecule has 0 atom stereocenters. The lowest BCUT2D eigenvalue weighted by Crippen LogP contribution is -2.54. The Bertz CT molecular complexity index is 1030. The van der Waals surface area contributed by atoms with Gasteiger partial charge in [0.2, 0.25) is 0 Å². The fraction of sp³-hybridized carbons (Fsp3) is 0.292. The number of nitrogens with zero attached hydrogens (tertiary/aromatic N) is 1. The lowest BCUT2D eigenvalue weighted by atomic mass is 10.0. The molecule has 3 heteroatoms. The van der Waals surface area contributed by atoms with Crippen molar-refractivity contribution >= 4 is 18.4 Å². The van der Waals surface area contributed by atoms with Gasteiger partial charge in [-0.15, -0.1) is 0 Å². The smallest absolute Gasteiger partial charge is 0.132 e. The molecule has 0 unspecified atom stereocenters. The van der Waals surface area contributed by atoms with Gasteiger partial charge in [0.1, 0.15) is 13.9 Å². The van der Waals surface area contributed by atoms with E-state index in [1.165, 1.54) is 28.1 Å². The van der Waals surface area contributed by atoms with Crippen molar-refractivity contribution in [3.8, 4) is 11.3 Å². The van der Waals surface area contributed by atoms with E-state index in [0.717, 1.165) is 12.5 Å². The van der Waals surface area contributed by atoms with Crippen LogP contribution in [0.25, 0.3) is 11.3 Å². The van der Waals surface area contributed by atoms with E-state index >= 15 is 0 Å². The average molecular weight is 381 g/mol. The van der Waals surface area contributed by atoms with Crippen molar-refractivity contribution in [2.45, 2.75) is 40.2 Å². The highest BCUT2D eigenvalue weighted by atomic mass is 28.3. The Kier molecular flexibility index (Phi) is 4.54. The lowest BCUT2D eigenvalue weighted by molar-refractivity contribution is 0.629. The zero-order valence-corrected chi connectivity index (χ0v) is 17.4. The topological polar surface area (TPSA) is 12.9 Å². The van der Waals surface area contributed by atoms with Crippen molar-refractivity contribution in [3.05, 3.63) is 77.7 Å². The Labute approximate surface area is 167 Å². The first-order chi connectivity index (χ1) is 14.0. The van der Waals surface area contributed by atoms with Gasteiger partial charge in [0.15, 0.2) is 0 Å². The number of halogens is 1. The zero-order chi connectivity index (χ0) is 22.1. The largest absolute Gasteiger partial charge is 0.256 e. The van der Waals surface area contributed by atoms with Crippen molar-refractivity contribution in [2.24, 2.45) is 5.92 Å². The number of aromatic nitrogens is 1. The lowest BCUT2D eigenvalue weighted by Gasteiger charge is -2.27. The molecule has 0 spiro atoms. The molecular weight excluding hydrogens is 349 g/mol. The van der Waals surface area contributed by atoms with Crippen LogP contribution < -0.4 is 10.4 Å². The second-order valence-corrected chi connectivity index (χ2v) is 12.4. The monoisotopic (exact) mass is 380 g/mol. The summed E-state index contributed by atoms with van der Waals surface area (Å²) in [5, 5.41) is 2.59. The molecule has 0 aliphatic heterocycles. The minimum atomic E-state index is -2.33. The minimum absolute atomic E-state index is 0.000363. The molecule has 0 N–H and O–H groups in total. The third kappa shape index (κ3) is 4.19. The maximum atomic E-state index is 14.8. The molecule has 1 aromatic heterocycles. The molecule has 3 rings (SSSR count). The van der Waals surface area contributed by atoms with Crippen molar-refractivity contribution < 1.29 is 8.50 Å². The molecule has 0 radical (unpaired) electrons. The maximum absolute atomic E-state index is 14.8.